The first kappa shape index (κ1) is 11.0. The van der Waals surface area contributed by atoms with E-state index in [9.17, 15) is 13.6 Å². The Balaban J connectivity index is 2.79. The number of hydrogen-bond acceptors (Lipinski definition) is 2. The predicted molar refractivity (Wildman–Crippen MR) is 50.1 cm³/mol. The average Bonchev–Trinajstić information content (AvgIpc) is 2.15. The van der Waals surface area contributed by atoms with Gasteiger partial charge in [0.25, 0.3) is 0 Å². The van der Waals surface area contributed by atoms with E-state index in [1.54, 1.807) is 12.1 Å². The molecule has 0 unspecified atom stereocenters. The van der Waals surface area contributed by atoms with Crippen LogP contribution in [0.25, 0.3) is 0 Å². The second kappa shape index (κ2) is 4.95. The smallest absolute Gasteiger partial charge is 0.336 e. The van der Waals surface area contributed by atoms with Crippen molar-refractivity contribution >= 4 is 17.7 Å². The predicted octanol–water partition coefficient (Wildman–Crippen LogP) is 2.74. The van der Waals surface area contributed by atoms with Crippen LogP contribution in [-0.4, -0.2) is 23.3 Å². The summed E-state index contributed by atoms with van der Waals surface area (Å²) in [6, 6.07) is 6.11. The summed E-state index contributed by atoms with van der Waals surface area (Å²) in [6.45, 7) is 0. The van der Waals surface area contributed by atoms with Crippen molar-refractivity contribution in [2.24, 2.45) is 0 Å². The number of hydrogen-bond donors (Lipinski definition) is 1. The van der Waals surface area contributed by atoms with Crippen LogP contribution in [0.4, 0.5) is 8.78 Å². The summed E-state index contributed by atoms with van der Waals surface area (Å²) in [5, 5.41) is 8.73. The SMILES string of the molecule is O=C(O)c1ccccc1SCC(F)F. The molecule has 0 fully saturated rings. The maximum Gasteiger partial charge on any atom is 0.336 e. The van der Waals surface area contributed by atoms with Crippen molar-refractivity contribution in [1.29, 1.82) is 0 Å². The third kappa shape index (κ3) is 2.99. The molecule has 2 nitrogen and oxygen atoms in total. The van der Waals surface area contributed by atoms with E-state index in [0.29, 0.717) is 4.90 Å². The van der Waals surface area contributed by atoms with Gasteiger partial charge in [0.2, 0.25) is 6.43 Å². The number of thioether (sulfide) groups is 1. The molecule has 0 aliphatic heterocycles. The van der Waals surface area contributed by atoms with Gasteiger partial charge < -0.3 is 5.11 Å². The lowest BCUT2D eigenvalue weighted by Crippen LogP contribution is -2.00. The van der Waals surface area contributed by atoms with E-state index in [4.69, 9.17) is 5.11 Å². The van der Waals surface area contributed by atoms with Gasteiger partial charge in [0.1, 0.15) is 0 Å². The summed E-state index contributed by atoms with van der Waals surface area (Å²) in [5.74, 6) is -1.48. The van der Waals surface area contributed by atoms with Gasteiger partial charge in [-0.1, -0.05) is 12.1 Å². The molecule has 0 atom stereocenters. The van der Waals surface area contributed by atoms with E-state index in [-0.39, 0.29) is 11.3 Å². The monoisotopic (exact) mass is 218 g/mol. The molecule has 0 bridgehead atoms. The summed E-state index contributed by atoms with van der Waals surface area (Å²) < 4.78 is 23.8. The second-order valence-electron chi connectivity index (χ2n) is 2.50. The van der Waals surface area contributed by atoms with Gasteiger partial charge in [-0.05, 0) is 12.1 Å². The fraction of sp³-hybridized carbons (Fsp3) is 0.222. The summed E-state index contributed by atoms with van der Waals surface area (Å²) >= 11 is 0.853. The second-order valence-corrected chi connectivity index (χ2v) is 3.57. The Labute approximate surface area is 83.9 Å². The molecule has 1 rings (SSSR count). The molecule has 0 spiro atoms. The number of benzene rings is 1. The van der Waals surface area contributed by atoms with Crippen LogP contribution in [0.3, 0.4) is 0 Å². The van der Waals surface area contributed by atoms with Crippen molar-refractivity contribution in [3.8, 4) is 0 Å². The molecule has 0 saturated carbocycles. The lowest BCUT2D eigenvalue weighted by molar-refractivity contribution is 0.0693. The maximum absolute atomic E-state index is 11.9. The zero-order valence-electron chi connectivity index (χ0n) is 7.11. The first-order valence-electron chi connectivity index (χ1n) is 3.84. The maximum atomic E-state index is 11.9. The molecular weight excluding hydrogens is 210 g/mol. The van der Waals surface area contributed by atoms with E-state index >= 15 is 0 Å². The topological polar surface area (TPSA) is 37.3 Å². The Hall–Kier alpha value is -1.10. The molecule has 14 heavy (non-hydrogen) atoms. The third-order valence-electron chi connectivity index (χ3n) is 1.48. The number of halogens is 2. The lowest BCUT2D eigenvalue weighted by atomic mass is 10.2. The van der Waals surface area contributed by atoms with E-state index in [1.807, 2.05) is 0 Å². The largest absolute Gasteiger partial charge is 0.478 e. The molecule has 1 aromatic carbocycles. The molecule has 0 amide bonds. The minimum atomic E-state index is -2.43. The van der Waals surface area contributed by atoms with Gasteiger partial charge >= 0.3 is 5.97 Å². The van der Waals surface area contributed by atoms with Crippen LogP contribution in [0, 0.1) is 0 Å². The van der Waals surface area contributed by atoms with E-state index in [1.165, 1.54) is 12.1 Å². The Bertz CT molecular complexity index is 328. The van der Waals surface area contributed by atoms with Crippen LogP contribution in [0.2, 0.25) is 0 Å². The number of aromatic carboxylic acids is 1. The molecule has 76 valence electrons. The minimum absolute atomic E-state index is 0.0677. The zero-order valence-corrected chi connectivity index (χ0v) is 7.93. The van der Waals surface area contributed by atoms with Crippen molar-refractivity contribution in [3.05, 3.63) is 29.8 Å². The molecule has 0 aliphatic carbocycles. The van der Waals surface area contributed by atoms with Gasteiger partial charge in [-0.15, -0.1) is 11.8 Å². The number of carbonyl (C=O) groups is 1. The van der Waals surface area contributed by atoms with Crippen molar-refractivity contribution < 1.29 is 18.7 Å². The quantitative estimate of drug-likeness (QED) is 0.789. The molecule has 0 aromatic heterocycles. The first-order valence-corrected chi connectivity index (χ1v) is 4.83. The number of carboxylic acid groups (broad SMARTS) is 1. The normalized spacial score (nSPS) is 10.5. The molecular formula is C9H8F2O2S. The Morgan fingerprint density at radius 2 is 2.07 bits per heavy atom. The van der Waals surface area contributed by atoms with Gasteiger partial charge in [0, 0.05) is 4.90 Å². The number of carboxylic acids is 1. The zero-order chi connectivity index (χ0) is 10.6. The van der Waals surface area contributed by atoms with E-state index in [0.717, 1.165) is 11.8 Å². The van der Waals surface area contributed by atoms with Crippen LogP contribution in [0.5, 0.6) is 0 Å². The Kier molecular flexibility index (Phi) is 3.88. The Morgan fingerprint density at radius 3 is 2.64 bits per heavy atom. The van der Waals surface area contributed by atoms with Crippen LogP contribution in [0.15, 0.2) is 29.2 Å². The minimum Gasteiger partial charge on any atom is -0.478 e. The molecule has 1 aromatic rings. The van der Waals surface area contributed by atoms with Crippen LogP contribution < -0.4 is 0 Å². The lowest BCUT2D eigenvalue weighted by Gasteiger charge is -2.04. The highest BCUT2D eigenvalue weighted by Gasteiger charge is 2.11. The van der Waals surface area contributed by atoms with Gasteiger partial charge in [-0.2, -0.15) is 0 Å². The number of rotatable bonds is 4. The molecule has 0 radical (unpaired) electrons. The fourth-order valence-electron chi connectivity index (χ4n) is 0.922. The van der Waals surface area contributed by atoms with Gasteiger partial charge in [0.15, 0.2) is 0 Å². The number of alkyl halides is 2. The highest BCUT2D eigenvalue weighted by molar-refractivity contribution is 7.99. The summed E-state index contributed by atoms with van der Waals surface area (Å²) in [4.78, 5) is 11.0. The highest BCUT2D eigenvalue weighted by atomic mass is 32.2. The average molecular weight is 218 g/mol. The van der Waals surface area contributed by atoms with Crippen molar-refractivity contribution in [1.82, 2.24) is 0 Å². The van der Waals surface area contributed by atoms with Crippen molar-refractivity contribution in [2.75, 3.05) is 5.75 Å². The van der Waals surface area contributed by atoms with Gasteiger partial charge in [-0.25, -0.2) is 13.6 Å². The Morgan fingerprint density at radius 1 is 1.43 bits per heavy atom. The van der Waals surface area contributed by atoms with E-state index in [2.05, 4.69) is 0 Å². The first-order chi connectivity index (χ1) is 6.61. The van der Waals surface area contributed by atoms with Crippen LogP contribution in [-0.2, 0) is 0 Å². The molecule has 0 heterocycles. The highest BCUT2D eigenvalue weighted by Crippen LogP contribution is 2.24. The molecule has 0 aliphatic rings. The van der Waals surface area contributed by atoms with Gasteiger partial charge in [0.05, 0.1) is 11.3 Å². The molecule has 5 heteroatoms. The van der Waals surface area contributed by atoms with Crippen LogP contribution in [0.1, 0.15) is 10.4 Å². The van der Waals surface area contributed by atoms with Gasteiger partial charge in [-0.3, -0.25) is 0 Å². The molecule has 1 N–H and O–H groups in total. The van der Waals surface area contributed by atoms with E-state index < -0.39 is 12.4 Å². The molecule has 0 saturated heterocycles. The third-order valence-corrected chi connectivity index (χ3v) is 2.57. The van der Waals surface area contributed by atoms with Crippen molar-refractivity contribution in [3.63, 3.8) is 0 Å². The summed E-state index contributed by atoms with van der Waals surface area (Å²) in [7, 11) is 0. The summed E-state index contributed by atoms with van der Waals surface area (Å²) in [5.41, 5.74) is 0.0677. The van der Waals surface area contributed by atoms with Crippen LogP contribution >= 0.6 is 11.8 Å². The standard InChI is InChI=1S/C9H8F2O2S/c10-8(11)5-14-7-4-2-1-3-6(7)9(12)13/h1-4,8H,5H2,(H,12,13). The fourth-order valence-corrected chi connectivity index (χ4v) is 1.71. The van der Waals surface area contributed by atoms with Crippen molar-refractivity contribution in [2.45, 2.75) is 11.3 Å². The summed E-state index contributed by atoms with van der Waals surface area (Å²) in [6.07, 6.45) is -2.43.